The Kier molecular flexibility index (Phi) is 6.44. The largest absolute Gasteiger partial charge is 0.464 e. The van der Waals surface area contributed by atoms with Crippen molar-refractivity contribution < 1.29 is 28.5 Å². The highest BCUT2D eigenvalue weighted by molar-refractivity contribution is 6.22. The van der Waals surface area contributed by atoms with Gasteiger partial charge in [-0.1, -0.05) is 0 Å². The van der Waals surface area contributed by atoms with Gasteiger partial charge in [-0.15, -0.1) is 0 Å². The highest BCUT2D eigenvalue weighted by Gasteiger charge is 2.15. The van der Waals surface area contributed by atoms with E-state index < -0.39 is 28.7 Å². The van der Waals surface area contributed by atoms with Crippen LogP contribution in [0.2, 0.25) is 0 Å². The number of aliphatic hydroxyl groups is 1. The number of furan rings is 2. The van der Waals surface area contributed by atoms with Gasteiger partial charge in [0.2, 0.25) is 5.91 Å². The fourth-order valence-electron chi connectivity index (χ4n) is 1.36. The zero-order valence-corrected chi connectivity index (χ0v) is 12.5. The fourth-order valence-corrected chi connectivity index (χ4v) is 1.36. The smallest absolute Gasteiger partial charge is 0.433 e. The van der Waals surface area contributed by atoms with Crippen LogP contribution in [0.25, 0.3) is 11.6 Å². The molecule has 0 saturated heterocycles. The number of hydrogen-bond acceptors (Lipinski definition) is 7. The minimum atomic E-state index is -1.01. The van der Waals surface area contributed by atoms with Gasteiger partial charge in [-0.3, -0.25) is 19.7 Å². The lowest BCUT2D eigenvalue weighted by molar-refractivity contribution is -0.402. The van der Waals surface area contributed by atoms with E-state index in [0.717, 1.165) is 0 Å². The lowest BCUT2D eigenvalue weighted by Crippen LogP contribution is -2.24. The molecule has 10 heteroatoms. The molecule has 0 aliphatic carbocycles. The predicted molar refractivity (Wildman–Crippen MR) is 82.0 cm³/mol. The van der Waals surface area contributed by atoms with Gasteiger partial charge in [-0.05, 0) is 31.2 Å². The molecule has 0 aromatic carbocycles. The number of carbonyl (C=O) groups is 2. The normalized spacial score (nSPS) is 12.0. The molecule has 1 unspecified atom stereocenters. The Morgan fingerprint density at radius 2 is 1.96 bits per heavy atom. The number of hydrogen-bond donors (Lipinski definition) is 3. The summed E-state index contributed by atoms with van der Waals surface area (Å²) in [5, 5.41) is 18.6. The summed E-state index contributed by atoms with van der Waals surface area (Å²) in [7, 11) is 0. The molecule has 0 fully saturated rings. The molecule has 0 aliphatic heterocycles. The molecule has 2 heterocycles. The molecule has 0 aliphatic rings. The van der Waals surface area contributed by atoms with Crippen LogP contribution in [0.3, 0.4) is 0 Å². The molecule has 0 spiro atoms. The van der Waals surface area contributed by atoms with Crippen molar-refractivity contribution in [1.29, 1.82) is 0 Å². The molecule has 10 nitrogen and oxygen atoms in total. The van der Waals surface area contributed by atoms with Crippen LogP contribution in [0.4, 0.5) is 5.88 Å². The van der Waals surface area contributed by atoms with E-state index in [1.807, 2.05) is 0 Å². The highest BCUT2D eigenvalue weighted by Crippen LogP contribution is 2.22. The van der Waals surface area contributed by atoms with Gasteiger partial charge in [0.15, 0.2) is 0 Å². The number of nitrogens with two attached hydrogens (primary N) is 2. The van der Waals surface area contributed by atoms with Gasteiger partial charge >= 0.3 is 5.88 Å². The maximum absolute atomic E-state index is 11.3. The van der Waals surface area contributed by atoms with E-state index in [9.17, 15) is 19.7 Å². The molecule has 0 radical (unpaired) electrons. The number of aliphatic hydroxyl groups excluding tert-OH is 1. The summed E-state index contributed by atoms with van der Waals surface area (Å²) in [6.45, 7) is 1.32. The third-order valence-electron chi connectivity index (χ3n) is 2.54. The van der Waals surface area contributed by atoms with Gasteiger partial charge in [0, 0.05) is 0 Å². The summed E-state index contributed by atoms with van der Waals surface area (Å²) in [4.78, 5) is 30.7. The molecule has 128 valence electrons. The maximum atomic E-state index is 11.3. The molecular formula is C14H15N3O7. The summed E-state index contributed by atoms with van der Waals surface area (Å²) < 4.78 is 9.94. The maximum Gasteiger partial charge on any atom is 0.433 e. The lowest BCUT2D eigenvalue weighted by atomic mass is 10.1. The van der Waals surface area contributed by atoms with Crippen molar-refractivity contribution in [1.82, 2.24) is 0 Å². The molecule has 24 heavy (non-hydrogen) atoms. The number of rotatable bonds is 5. The highest BCUT2D eigenvalue weighted by atomic mass is 16.6. The summed E-state index contributed by atoms with van der Waals surface area (Å²) >= 11 is 0. The van der Waals surface area contributed by atoms with Crippen LogP contribution >= 0.6 is 0 Å². The van der Waals surface area contributed by atoms with Gasteiger partial charge in [0.1, 0.15) is 22.5 Å². The van der Waals surface area contributed by atoms with Crippen LogP contribution in [-0.2, 0) is 9.59 Å². The van der Waals surface area contributed by atoms with Crippen LogP contribution in [0, 0.1) is 10.1 Å². The van der Waals surface area contributed by atoms with Crippen molar-refractivity contribution in [3.05, 3.63) is 52.2 Å². The number of nitro groups is 1. The summed E-state index contributed by atoms with van der Waals surface area (Å²) in [6, 6.07) is 5.70. The molecule has 5 N–H and O–H groups in total. The van der Waals surface area contributed by atoms with Gasteiger partial charge in [-0.2, -0.15) is 0 Å². The quantitative estimate of drug-likeness (QED) is 0.407. The van der Waals surface area contributed by atoms with Crippen molar-refractivity contribution in [2.75, 3.05) is 0 Å². The first-order valence-electron chi connectivity index (χ1n) is 6.49. The Labute approximate surface area is 135 Å². The van der Waals surface area contributed by atoms with Crippen LogP contribution in [0.1, 0.15) is 18.4 Å². The summed E-state index contributed by atoms with van der Waals surface area (Å²) in [5.41, 5.74) is 9.82. The predicted octanol–water partition coefficient (Wildman–Crippen LogP) is 0.659. The van der Waals surface area contributed by atoms with Crippen molar-refractivity contribution in [3.8, 4) is 0 Å². The second kappa shape index (κ2) is 8.29. The van der Waals surface area contributed by atoms with Gasteiger partial charge in [0.25, 0.3) is 5.91 Å². The monoisotopic (exact) mass is 337 g/mol. The zero-order valence-electron chi connectivity index (χ0n) is 12.5. The Balaban J connectivity index is 0.000000413. The standard InChI is InChI=1S/C11H8N2O5.C3H7NO2/c12-11(14)8(9-2-1-5-17-9)6-7-3-4-10(18-7)13(15)16;1-2(5)3(4)6/h1-6H,(H2,12,14);2,5H,1H3,(H2,4,6). The van der Waals surface area contributed by atoms with Crippen molar-refractivity contribution in [2.45, 2.75) is 13.0 Å². The van der Waals surface area contributed by atoms with E-state index in [1.165, 1.54) is 31.4 Å². The van der Waals surface area contributed by atoms with E-state index >= 15 is 0 Å². The molecule has 2 aromatic rings. The van der Waals surface area contributed by atoms with E-state index in [1.54, 1.807) is 12.1 Å². The first-order valence-corrected chi connectivity index (χ1v) is 6.49. The number of carbonyl (C=O) groups excluding carboxylic acids is 2. The molecular weight excluding hydrogens is 322 g/mol. The fraction of sp³-hybridized carbons (Fsp3) is 0.143. The second-order valence-corrected chi connectivity index (χ2v) is 4.41. The summed E-state index contributed by atoms with van der Waals surface area (Å²) in [6.07, 6.45) is 1.66. The molecule has 2 aromatic heterocycles. The van der Waals surface area contributed by atoms with Crippen molar-refractivity contribution in [3.63, 3.8) is 0 Å². The summed E-state index contributed by atoms with van der Waals surface area (Å²) in [5.74, 6) is -1.41. The Morgan fingerprint density at radius 3 is 2.33 bits per heavy atom. The first kappa shape index (κ1) is 18.6. The Morgan fingerprint density at radius 1 is 1.33 bits per heavy atom. The van der Waals surface area contributed by atoms with Gasteiger partial charge < -0.3 is 25.4 Å². The molecule has 2 amide bonds. The number of primary amides is 2. The van der Waals surface area contributed by atoms with Crippen molar-refractivity contribution >= 4 is 29.3 Å². The Bertz CT molecular complexity index is 744. The molecule has 0 bridgehead atoms. The van der Waals surface area contributed by atoms with E-state index in [0.29, 0.717) is 0 Å². The van der Waals surface area contributed by atoms with Crippen LogP contribution < -0.4 is 11.5 Å². The third-order valence-corrected chi connectivity index (χ3v) is 2.54. The first-order chi connectivity index (χ1) is 11.2. The SMILES string of the molecule is CC(O)C(N)=O.NC(=O)C(=Cc1ccc([N+](=O)[O-])o1)c1ccco1. The number of nitrogens with zero attached hydrogens (tertiary/aromatic N) is 1. The van der Waals surface area contributed by atoms with Gasteiger partial charge in [-0.25, -0.2) is 0 Å². The van der Waals surface area contributed by atoms with E-state index in [4.69, 9.17) is 19.7 Å². The molecule has 0 saturated carbocycles. The second-order valence-electron chi connectivity index (χ2n) is 4.41. The third kappa shape index (κ3) is 5.42. The molecule has 2 rings (SSSR count). The molecule has 1 atom stereocenters. The van der Waals surface area contributed by atoms with Gasteiger partial charge in [0.05, 0.1) is 17.9 Å². The Hall–Kier alpha value is -3.40. The van der Waals surface area contributed by atoms with Crippen LogP contribution in [-0.4, -0.2) is 27.9 Å². The average molecular weight is 337 g/mol. The van der Waals surface area contributed by atoms with E-state index in [2.05, 4.69) is 5.73 Å². The van der Waals surface area contributed by atoms with E-state index in [-0.39, 0.29) is 17.1 Å². The number of amides is 2. The van der Waals surface area contributed by atoms with Crippen molar-refractivity contribution in [2.24, 2.45) is 11.5 Å². The lowest BCUT2D eigenvalue weighted by Gasteiger charge is -1.97. The minimum Gasteiger partial charge on any atom is -0.464 e. The minimum absolute atomic E-state index is 0.0734. The zero-order chi connectivity index (χ0) is 18.3. The topological polar surface area (TPSA) is 176 Å². The average Bonchev–Trinajstić information content (AvgIpc) is 3.16. The van der Waals surface area contributed by atoms with Crippen LogP contribution in [0.15, 0.2) is 39.4 Å². The van der Waals surface area contributed by atoms with Crippen LogP contribution in [0.5, 0.6) is 0 Å².